The Bertz CT molecular complexity index is 716. The van der Waals surface area contributed by atoms with Crippen LogP contribution in [0.3, 0.4) is 0 Å². The van der Waals surface area contributed by atoms with E-state index in [2.05, 4.69) is 44.7 Å². The van der Waals surface area contributed by atoms with Crippen molar-refractivity contribution < 1.29 is 9.21 Å². The highest BCUT2D eigenvalue weighted by molar-refractivity contribution is 5.90. The molecule has 0 atom stereocenters. The monoisotopic (exact) mass is 327 g/mol. The summed E-state index contributed by atoms with van der Waals surface area (Å²) in [4.78, 5) is 16.6. The molecule has 24 heavy (non-hydrogen) atoms. The minimum Gasteiger partial charge on any atom is -0.399 e. The molecule has 2 aliphatic rings. The number of nitrogens with zero attached hydrogens (tertiary/aromatic N) is 4. The predicted molar refractivity (Wildman–Crippen MR) is 88.5 cm³/mol. The Hall–Kier alpha value is -2.41. The van der Waals surface area contributed by atoms with Crippen LogP contribution in [0.4, 0.5) is 6.01 Å². The summed E-state index contributed by atoms with van der Waals surface area (Å²) in [7, 11) is 0. The molecule has 0 radical (unpaired) electrons. The molecule has 3 heterocycles. The Balaban J connectivity index is 1.27. The first-order chi connectivity index (χ1) is 11.7. The van der Waals surface area contributed by atoms with Gasteiger partial charge in [0.1, 0.15) is 0 Å². The molecule has 1 amide bonds. The molecule has 0 bridgehead atoms. The first-order valence-electron chi connectivity index (χ1n) is 8.30. The molecule has 7 heteroatoms. The highest BCUT2D eigenvalue weighted by atomic mass is 16.4. The van der Waals surface area contributed by atoms with E-state index in [1.165, 1.54) is 5.56 Å². The zero-order valence-corrected chi connectivity index (χ0v) is 13.7. The Morgan fingerprint density at radius 3 is 2.67 bits per heavy atom. The van der Waals surface area contributed by atoms with Gasteiger partial charge < -0.3 is 14.6 Å². The number of rotatable bonds is 5. The molecule has 7 nitrogen and oxygen atoms in total. The predicted octanol–water partition coefficient (Wildman–Crippen LogP) is 1.46. The van der Waals surface area contributed by atoms with Crippen LogP contribution in [-0.2, 0) is 6.54 Å². The smallest absolute Gasteiger partial charge is 0.315 e. The van der Waals surface area contributed by atoms with Gasteiger partial charge in [0, 0.05) is 44.7 Å². The van der Waals surface area contributed by atoms with E-state index in [4.69, 9.17) is 4.42 Å². The van der Waals surface area contributed by atoms with Gasteiger partial charge >= 0.3 is 17.8 Å². The number of hydrogen-bond acceptors (Lipinski definition) is 6. The second-order valence-electron chi connectivity index (χ2n) is 6.73. The number of hydrogen-bond donors (Lipinski definition) is 1. The van der Waals surface area contributed by atoms with E-state index in [0.717, 1.165) is 32.7 Å². The summed E-state index contributed by atoms with van der Waals surface area (Å²) < 4.78 is 5.33. The number of likely N-dealkylation sites (tertiary alicyclic amines) is 2. The molecule has 0 unspecified atom stereocenters. The fraction of sp³-hybridized carbons (Fsp3) is 0.471. The minimum absolute atomic E-state index is 0.0706. The molecule has 1 N–H and O–H groups in total. The molecule has 1 spiro atoms. The lowest BCUT2D eigenvalue weighted by Crippen LogP contribution is -2.72. The van der Waals surface area contributed by atoms with Crippen molar-refractivity contribution in [2.75, 3.05) is 38.0 Å². The van der Waals surface area contributed by atoms with Gasteiger partial charge in [-0.15, -0.1) is 5.10 Å². The van der Waals surface area contributed by atoms with E-state index in [1.54, 1.807) is 4.90 Å². The molecule has 2 aliphatic heterocycles. The first kappa shape index (κ1) is 15.1. The van der Waals surface area contributed by atoms with Crippen LogP contribution in [0.5, 0.6) is 0 Å². The lowest BCUT2D eigenvalue weighted by molar-refractivity contribution is -0.102. The average molecular weight is 327 g/mol. The van der Waals surface area contributed by atoms with Crippen LogP contribution in [0.25, 0.3) is 0 Å². The second-order valence-corrected chi connectivity index (χ2v) is 6.73. The van der Waals surface area contributed by atoms with E-state index >= 15 is 0 Å². The highest BCUT2D eigenvalue weighted by Gasteiger charge is 2.53. The zero-order valence-electron chi connectivity index (χ0n) is 13.7. The lowest BCUT2D eigenvalue weighted by Gasteiger charge is -2.60. The molecule has 2 aromatic rings. The molecule has 1 aromatic heterocycles. The standard InChI is InChI=1S/C17H21N5O2/c1-2-18-16-20-19-14(24-16)15(23)22-11-17(12-22)9-21(10-17)8-13-6-4-3-5-7-13/h3-7H,2,8-12H2,1H3,(H,18,20). The van der Waals surface area contributed by atoms with Crippen molar-refractivity contribution in [3.05, 3.63) is 41.8 Å². The summed E-state index contributed by atoms with van der Waals surface area (Å²) in [5, 5.41) is 10.5. The van der Waals surface area contributed by atoms with Crippen LogP contribution in [0, 0.1) is 5.41 Å². The molecule has 2 saturated heterocycles. The summed E-state index contributed by atoms with van der Waals surface area (Å²) in [5.74, 6) is -0.0972. The number of benzene rings is 1. The van der Waals surface area contributed by atoms with Gasteiger partial charge in [0.05, 0.1) is 0 Å². The fourth-order valence-corrected chi connectivity index (χ4v) is 3.63. The average Bonchev–Trinajstić information content (AvgIpc) is 2.98. The fourth-order valence-electron chi connectivity index (χ4n) is 3.63. The molecule has 126 valence electrons. The lowest BCUT2D eigenvalue weighted by atomic mass is 9.72. The molecular weight excluding hydrogens is 306 g/mol. The van der Waals surface area contributed by atoms with Gasteiger partial charge in [0.15, 0.2) is 0 Å². The van der Waals surface area contributed by atoms with E-state index in [-0.39, 0.29) is 17.2 Å². The van der Waals surface area contributed by atoms with Crippen molar-refractivity contribution in [3.63, 3.8) is 0 Å². The van der Waals surface area contributed by atoms with Gasteiger partial charge in [0.25, 0.3) is 0 Å². The molecule has 2 fully saturated rings. The Labute approximate surface area is 140 Å². The Morgan fingerprint density at radius 2 is 1.96 bits per heavy atom. The zero-order chi connectivity index (χ0) is 16.6. The maximum absolute atomic E-state index is 12.3. The third-order valence-corrected chi connectivity index (χ3v) is 4.64. The molecule has 0 aliphatic carbocycles. The van der Waals surface area contributed by atoms with Crippen molar-refractivity contribution in [2.45, 2.75) is 13.5 Å². The highest BCUT2D eigenvalue weighted by Crippen LogP contribution is 2.40. The quantitative estimate of drug-likeness (QED) is 0.896. The van der Waals surface area contributed by atoms with Gasteiger partial charge in [0.2, 0.25) is 0 Å². The van der Waals surface area contributed by atoms with Crippen LogP contribution in [0.15, 0.2) is 34.7 Å². The summed E-state index contributed by atoms with van der Waals surface area (Å²) in [6.45, 7) is 7.22. The third-order valence-electron chi connectivity index (χ3n) is 4.64. The largest absolute Gasteiger partial charge is 0.399 e. The minimum atomic E-state index is -0.168. The molecule has 0 saturated carbocycles. The summed E-state index contributed by atoms with van der Waals surface area (Å²) >= 11 is 0. The number of aromatic nitrogens is 2. The summed E-state index contributed by atoms with van der Waals surface area (Å²) in [6, 6.07) is 10.8. The van der Waals surface area contributed by atoms with Crippen molar-refractivity contribution in [1.29, 1.82) is 0 Å². The van der Waals surface area contributed by atoms with Crippen LogP contribution < -0.4 is 5.32 Å². The van der Waals surface area contributed by atoms with E-state index < -0.39 is 0 Å². The number of carbonyl (C=O) groups excluding carboxylic acids is 1. The van der Waals surface area contributed by atoms with E-state index in [9.17, 15) is 4.79 Å². The SMILES string of the molecule is CCNc1nnc(C(=O)N2CC3(CN(Cc4ccccc4)C3)C2)o1. The first-order valence-corrected chi connectivity index (χ1v) is 8.30. The van der Waals surface area contributed by atoms with Crippen LogP contribution in [0.1, 0.15) is 23.2 Å². The van der Waals surface area contributed by atoms with Gasteiger partial charge in [-0.1, -0.05) is 35.4 Å². The molecule has 4 rings (SSSR count). The normalized spacial score (nSPS) is 19.0. The Kier molecular flexibility index (Phi) is 3.72. The van der Waals surface area contributed by atoms with Gasteiger partial charge in [-0.05, 0) is 12.5 Å². The van der Waals surface area contributed by atoms with Gasteiger partial charge in [-0.3, -0.25) is 9.69 Å². The van der Waals surface area contributed by atoms with E-state index in [1.807, 2.05) is 13.0 Å². The number of carbonyl (C=O) groups is 1. The molecule has 1 aromatic carbocycles. The Morgan fingerprint density at radius 1 is 1.21 bits per heavy atom. The van der Waals surface area contributed by atoms with Crippen molar-refractivity contribution in [2.24, 2.45) is 5.41 Å². The second kappa shape index (κ2) is 5.90. The number of nitrogens with one attached hydrogen (secondary N) is 1. The maximum Gasteiger partial charge on any atom is 0.315 e. The van der Waals surface area contributed by atoms with Gasteiger partial charge in [-0.2, -0.15) is 0 Å². The summed E-state index contributed by atoms with van der Waals surface area (Å²) in [5.41, 5.74) is 1.59. The maximum atomic E-state index is 12.3. The number of amides is 1. The van der Waals surface area contributed by atoms with Crippen LogP contribution in [-0.4, -0.2) is 58.6 Å². The number of anilines is 1. The van der Waals surface area contributed by atoms with Crippen molar-refractivity contribution in [3.8, 4) is 0 Å². The third kappa shape index (κ3) is 2.75. The van der Waals surface area contributed by atoms with Crippen molar-refractivity contribution in [1.82, 2.24) is 20.0 Å². The topological polar surface area (TPSA) is 74.5 Å². The van der Waals surface area contributed by atoms with E-state index in [0.29, 0.717) is 12.6 Å². The molecular formula is C17H21N5O2. The van der Waals surface area contributed by atoms with Crippen LogP contribution >= 0.6 is 0 Å². The van der Waals surface area contributed by atoms with Crippen molar-refractivity contribution >= 4 is 11.9 Å². The van der Waals surface area contributed by atoms with Gasteiger partial charge in [-0.25, -0.2) is 0 Å². The van der Waals surface area contributed by atoms with Crippen LogP contribution in [0.2, 0.25) is 0 Å². The summed E-state index contributed by atoms with van der Waals surface area (Å²) in [6.07, 6.45) is 0.